The van der Waals surface area contributed by atoms with Gasteiger partial charge in [-0.3, -0.25) is 9.59 Å². The van der Waals surface area contributed by atoms with Crippen LogP contribution in [0.5, 0.6) is 0 Å². The summed E-state index contributed by atoms with van der Waals surface area (Å²) in [6, 6.07) is -5.65. The topological polar surface area (TPSA) is 34.1 Å². The highest BCUT2D eigenvalue weighted by Crippen LogP contribution is 2.43. The van der Waals surface area contributed by atoms with Crippen LogP contribution < -0.4 is 0 Å². The second-order valence-electron chi connectivity index (χ2n) is 2.93. The summed E-state index contributed by atoms with van der Waals surface area (Å²) in [4.78, 5) is 20.1. The summed E-state index contributed by atoms with van der Waals surface area (Å²) in [6.45, 7) is 0. The van der Waals surface area contributed by atoms with Gasteiger partial charge in [-0.1, -0.05) is 0 Å². The van der Waals surface area contributed by atoms with Gasteiger partial charge in [0.25, 0.3) is 5.67 Å². The van der Waals surface area contributed by atoms with Crippen molar-refractivity contribution >= 4 is 12.1 Å². The maximum absolute atomic E-state index is 13.1. The molecule has 0 aliphatic heterocycles. The van der Waals surface area contributed by atoms with E-state index in [4.69, 9.17) is 0 Å². The molecular formula is C8H2F6O2. The molecule has 1 aliphatic carbocycles. The molecule has 0 saturated carbocycles. The number of alkyl halides is 1. The molecule has 0 aromatic rings. The van der Waals surface area contributed by atoms with Gasteiger partial charge in [-0.2, -0.15) is 8.78 Å². The van der Waals surface area contributed by atoms with E-state index in [1.165, 1.54) is 0 Å². The molecule has 0 bridgehead atoms. The molecule has 0 fully saturated rings. The Kier molecular flexibility index (Phi) is 2.93. The highest BCUT2D eigenvalue weighted by molar-refractivity contribution is 5.95. The van der Waals surface area contributed by atoms with Crippen molar-refractivity contribution in [3.8, 4) is 0 Å². The van der Waals surface area contributed by atoms with Crippen LogP contribution in [0.1, 0.15) is 6.42 Å². The zero-order valence-corrected chi connectivity index (χ0v) is 7.29. The maximum Gasteiger partial charge on any atom is 0.345 e. The van der Waals surface area contributed by atoms with E-state index in [9.17, 15) is 35.9 Å². The standard InChI is InChI=1S/C8H2F6O2/c9-2-1-8(14,7(13)16)5(11)4(10)3(2)6(12)15/h1H2. The lowest BCUT2D eigenvalue weighted by Gasteiger charge is -2.22. The quantitative estimate of drug-likeness (QED) is 0.552. The van der Waals surface area contributed by atoms with Crippen molar-refractivity contribution in [1.82, 2.24) is 0 Å². The molecule has 1 aliphatic rings. The monoisotopic (exact) mass is 244 g/mol. The highest BCUT2D eigenvalue weighted by Gasteiger charge is 2.52. The first-order chi connectivity index (χ1) is 7.21. The summed E-state index contributed by atoms with van der Waals surface area (Å²) in [5.74, 6) is -7.27. The maximum atomic E-state index is 13.1. The van der Waals surface area contributed by atoms with Crippen LogP contribution in [-0.4, -0.2) is 17.7 Å². The normalized spacial score (nSPS) is 26.1. The zero-order valence-electron chi connectivity index (χ0n) is 7.29. The van der Waals surface area contributed by atoms with E-state index in [0.29, 0.717) is 0 Å². The van der Waals surface area contributed by atoms with E-state index >= 15 is 0 Å². The molecule has 0 aromatic heterocycles. The third-order valence-corrected chi connectivity index (χ3v) is 1.94. The number of hydrogen-bond acceptors (Lipinski definition) is 2. The van der Waals surface area contributed by atoms with Crippen LogP contribution in [0.2, 0.25) is 0 Å². The minimum atomic E-state index is -4.17. The van der Waals surface area contributed by atoms with Gasteiger partial charge in [0.05, 0.1) is 6.42 Å². The highest BCUT2D eigenvalue weighted by atomic mass is 19.2. The Morgan fingerprint density at radius 2 is 1.62 bits per heavy atom. The summed E-state index contributed by atoms with van der Waals surface area (Å²) in [5.41, 5.74) is -6.14. The number of halogens is 6. The Morgan fingerprint density at radius 1 is 1.12 bits per heavy atom. The van der Waals surface area contributed by atoms with E-state index in [-0.39, 0.29) is 0 Å². The van der Waals surface area contributed by atoms with Crippen molar-refractivity contribution < 1.29 is 35.9 Å². The molecule has 8 heteroatoms. The van der Waals surface area contributed by atoms with Crippen molar-refractivity contribution in [1.29, 1.82) is 0 Å². The summed E-state index contributed by atoms with van der Waals surface area (Å²) >= 11 is 0. The second kappa shape index (κ2) is 3.76. The minimum absolute atomic E-state index is 1.90. The van der Waals surface area contributed by atoms with Gasteiger partial charge in [0.2, 0.25) is 0 Å². The first-order valence-corrected chi connectivity index (χ1v) is 3.75. The molecule has 1 unspecified atom stereocenters. The van der Waals surface area contributed by atoms with E-state index in [0.717, 1.165) is 0 Å². The summed E-state index contributed by atoms with van der Waals surface area (Å²) in [7, 11) is 0. The van der Waals surface area contributed by atoms with E-state index < -0.39 is 47.2 Å². The average molecular weight is 244 g/mol. The lowest BCUT2D eigenvalue weighted by atomic mass is 9.91. The van der Waals surface area contributed by atoms with Crippen LogP contribution in [0, 0.1) is 0 Å². The van der Waals surface area contributed by atoms with Gasteiger partial charge in [-0.05, 0) is 0 Å². The summed E-state index contributed by atoms with van der Waals surface area (Å²) in [5, 5.41) is 0. The van der Waals surface area contributed by atoms with Crippen LogP contribution in [0.3, 0.4) is 0 Å². The molecule has 0 heterocycles. The molecule has 0 spiro atoms. The summed E-state index contributed by atoms with van der Waals surface area (Å²) in [6.07, 6.45) is -1.90. The molecule has 0 amide bonds. The first-order valence-electron chi connectivity index (χ1n) is 3.75. The van der Waals surface area contributed by atoms with Crippen LogP contribution in [0.25, 0.3) is 0 Å². The van der Waals surface area contributed by atoms with Crippen molar-refractivity contribution in [2.24, 2.45) is 0 Å². The number of hydrogen-bond donors (Lipinski definition) is 0. The molecule has 0 saturated heterocycles. The first kappa shape index (κ1) is 12.5. The van der Waals surface area contributed by atoms with Crippen molar-refractivity contribution in [2.45, 2.75) is 12.1 Å². The molecular weight excluding hydrogens is 242 g/mol. The predicted molar refractivity (Wildman–Crippen MR) is 38.1 cm³/mol. The van der Waals surface area contributed by atoms with Gasteiger partial charge in [-0.25, -0.2) is 17.6 Å². The molecule has 1 rings (SSSR count). The van der Waals surface area contributed by atoms with Gasteiger partial charge in [0.1, 0.15) is 11.4 Å². The Labute approximate surface area is 84.2 Å². The molecule has 16 heavy (non-hydrogen) atoms. The molecule has 0 aromatic carbocycles. The SMILES string of the molecule is O=C(F)C1=C(F)CC(F)(C(=O)F)C(F)=C1F. The largest absolute Gasteiger partial charge is 0.345 e. The molecule has 1 atom stereocenters. The zero-order chi connectivity index (χ0) is 12.7. The number of rotatable bonds is 2. The fourth-order valence-electron chi connectivity index (χ4n) is 1.13. The van der Waals surface area contributed by atoms with E-state index in [1.807, 2.05) is 0 Å². The van der Waals surface area contributed by atoms with Gasteiger partial charge >= 0.3 is 12.1 Å². The minimum Gasteiger partial charge on any atom is -0.257 e. The second-order valence-corrected chi connectivity index (χ2v) is 2.93. The predicted octanol–water partition coefficient (Wildman–Crippen LogP) is 2.46. The van der Waals surface area contributed by atoms with Crippen LogP contribution in [0.15, 0.2) is 23.1 Å². The third kappa shape index (κ3) is 1.63. The lowest BCUT2D eigenvalue weighted by molar-refractivity contribution is -0.141. The third-order valence-electron chi connectivity index (χ3n) is 1.94. The molecule has 0 radical (unpaired) electrons. The van der Waals surface area contributed by atoms with E-state index in [1.54, 1.807) is 0 Å². The summed E-state index contributed by atoms with van der Waals surface area (Å²) < 4.78 is 75.6. The molecule has 0 N–H and O–H groups in total. The van der Waals surface area contributed by atoms with Gasteiger partial charge in [-0.15, -0.1) is 0 Å². The van der Waals surface area contributed by atoms with Crippen molar-refractivity contribution in [2.75, 3.05) is 0 Å². The van der Waals surface area contributed by atoms with Gasteiger partial charge in [0.15, 0.2) is 11.7 Å². The average Bonchev–Trinajstić information content (AvgIpc) is 2.13. The Hall–Kier alpha value is -1.60. The lowest BCUT2D eigenvalue weighted by Crippen LogP contribution is -2.35. The van der Waals surface area contributed by atoms with Gasteiger partial charge in [0, 0.05) is 0 Å². The van der Waals surface area contributed by atoms with E-state index in [2.05, 4.69) is 0 Å². The Morgan fingerprint density at radius 3 is 2.00 bits per heavy atom. The fraction of sp³-hybridized carbons (Fsp3) is 0.250. The number of allylic oxidation sites excluding steroid dienone is 4. The Bertz CT molecular complexity index is 438. The van der Waals surface area contributed by atoms with Crippen LogP contribution >= 0.6 is 0 Å². The van der Waals surface area contributed by atoms with Crippen LogP contribution in [0.4, 0.5) is 26.3 Å². The smallest absolute Gasteiger partial charge is 0.257 e. The fourth-order valence-corrected chi connectivity index (χ4v) is 1.13. The molecule has 88 valence electrons. The van der Waals surface area contributed by atoms with Crippen molar-refractivity contribution in [3.63, 3.8) is 0 Å². The number of carbonyl (C=O) groups excluding carboxylic acids is 2. The molecule has 2 nitrogen and oxygen atoms in total. The van der Waals surface area contributed by atoms with Crippen molar-refractivity contribution in [3.05, 3.63) is 23.1 Å². The number of carbonyl (C=O) groups is 2. The van der Waals surface area contributed by atoms with Crippen LogP contribution in [-0.2, 0) is 9.59 Å². The Balaban J connectivity index is 3.40. The van der Waals surface area contributed by atoms with Gasteiger partial charge < -0.3 is 0 Å².